The molecule has 4 heterocycles. The molecule has 0 aromatic carbocycles. The number of piperidine rings is 1. The third kappa shape index (κ3) is 2.94. The summed E-state index contributed by atoms with van der Waals surface area (Å²) < 4.78 is 41.1. The quantitative estimate of drug-likeness (QED) is 0.702. The van der Waals surface area contributed by atoms with E-state index in [9.17, 15) is 22.8 Å². The Bertz CT molecular complexity index is 1040. The van der Waals surface area contributed by atoms with Crippen molar-refractivity contribution >= 4 is 22.7 Å². The van der Waals surface area contributed by atoms with E-state index in [2.05, 4.69) is 4.98 Å². The minimum absolute atomic E-state index is 0.0918. The summed E-state index contributed by atoms with van der Waals surface area (Å²) in [6, 6.07) is 5.57. The number of hydrogen-bond acceptors (Lipinski definition) is 3. The normalized spacial score (nSPS) is 16.7. The van der Waals surface area contributed by atoms with Crippen LogP contribution in [0.4, 0.5) is 13.2 Å². The molecule has 0 spiro atoms. The maximum atomic E-state index is 12.8. The van der Waals surface area contributed by atoms with Gasteiger partial charge in [0.05, 0.1) is 5.69 Å². The zero-order valence-corrected chi connectivity index (χ0v) is 14.8. The Balaban J connectivity index is 1.46. The molecule has 3 aromatic rings. The van der Waals surface area contributed by atoms with E-state index in [1.807, 2.05) is 22.6 Å². The number of pyridine rings is 1. The smallest absolute Gasteiger partial charge is 0.335 e. The molecule has 1 saturated heterocycles. The third-order valence-corrected chi connectivity index (χ3v) is 5.43. The number of rotatable bonds is 3. The molecule has 9 heteroatoms. The van der Waals surface area contributed by atoms with Gasteiger partial charge in [-0.2, -0.15) is 13.2 Å². The van der Waals surface area contributed by atoms with Gasteiger partial charge in [-0.05, 0) is 44.2 Å². The lowest BCUT2D eigenvalue weighted by Gasteiger charge is -2.32. The van der Waals surface area contributed by atoms with Crippen LogP contribution in [0.15, 0.2) is 23.0 Å². The minimum atomic E-state index is -4.81. The molecule has 0 unspecified atom stereocenters. The SMILES string of the molecule is Cc1nc2cccc3n(CCC4CCN(C(=O)C(F)(F)F)CC4)c(=O)c1n23. The minimum Gasteiger partial charge on any atom is -0.335 e. The van der Waals surface area contributed by atoms with Crippen molar-refractivity contribution < 1.29 is 18.0 Å². The number of carbonyl (C=O) groups is 1. The zero-order chi connectivity index (χ0) is 19.3. The summed E-state index contributed by atoms with van der Waals surface area (Å²) in [4.78, 5) is 29.3. The van der Waals surface area contributed by atoms with Gasteiger partial charge in [0.1, 0.15) is 16.8 Å². The van der Waals surface area contributed by atoms with E-state index in [4.69, 9.17) is 0 Å². The van der Waals surface area contributed by atoms with Gasteiger partial charge in [0.15, 0.2) is 0 Å². The largest absolute Gasteiger partial charge is 0.471 e. The van der Waals surface area contributed by atoms with Crippen LogP contribution < -0.4 is 5.56 Å². The molecule has 144 valence electrons. The Morgan fingerprint density at radius 2 is 1.96 bits per heavy atom. The number of aromatic nitrogens is 3. The summed E-state index contributed by atoms with van der Waals surface area (Å²) >= 11 is 0. The lowest BCUT2D eigenvalue weighted by Crippen LogP contribution is -2.45. The van der Waals surface area contributed by atoms with E-state index >= 15 is 0 Å². The Morgan fingerprint density at radius 3 is 2.63 bits per heavy atom. The van der Waals surface area contributed by atoms with Crippen LogP contribution in [0.2, 0.25) is 0 Å². The molecular weight excluding hydrogens is 361 g/mol. The number of amides is 1. The van der Waals surface area contributed by atoms with Crippen molar-refractivity contribution in [3.05, 3.63) is 34.2 Å². The molecule has 1 aliphatic rings. The summed E-state index contributed by atoms with van der Waals surface area (Å²) in [7, 11) is 0. The number of imidazole rings is 2. The summed E-state index contributed by atoms with van der Waals surface area (Å²) in [5, 5.41) is 0. The number of likely N-dealkylation sites (tertiary alicyclic amines) is 1. The molecular formula is C18H19F3N4O2. The molecule has 0 N–H and O–H groups in total. The van der Waals surface area contributed by atoms with E-state index in [0.29, 0.717) is 37.0 Å². The van der Waals surface area contributed by atoms with Crippen molar-refractivity contribution in [3.63, 3.8) is 0 Å². The van der Waals surface area contributed by atoms with Gasteiger partial charge >= 0.3 is 12.1 Å². The molecule has 0 radical (unpaired) electrons. The van der Waals surface area contributed by atoms with E-state index in [0.717, 1.165) is 16.2 Å². The van der Waals surface area contributed by atoms with Crippen LogP contribution in [0.5, 0.6) is 0 Å². The standard InChI is InChI=1S/C18H19F3N4O2/c1-11-15-16(26)24(14-4-2-3-13(22-11)25(14)15)10-7-12-5-8-23(9-6-12)17(27)18(19,20)21/h2-4,12H,5-10H2,1H3. The highest BCUT2D eigenvalue weighted by Crippen LogP contribution is 2.26. The summed E-state index contributed by atoms with van der Waals surface area (Å²) in [6.45, 7) is 2.52. The number of carbonyl (C=O) groups excluding carboxylic acids is 1. The fourth-order valence-corrected chi connectivity index (χ4v) is 4.01. The van der Waals surface area contributed by atoms with Crippen LogP contribution in [0.3, 0.4) is 0 Å². The second-order valence-corrected chi connectivity index (χ2v) is 7.10. The number of halogens is 3. The van der Waals surface area contributed by atoms with Crippen molar-refractivity contribution in [1.29, 1.82) is 0 Å². The van der Waals surface area contributed by atoms with Gasteiger partial charge in [-0.15, -0.1) is 0 Å². The van der Waals surface area contributed by atoms with Crippen molar-refractivity contribution in [2.24, 2.45) is 5.92 Å². The van der Waals surface area contributed by atoms with E-state index in [1.54, 1.807) is 11.5 Å². The second-order valence-electron chi connectivity index (χ2n) is 7.10. The fourth-order valence-electron chi connectivity index (χ4n) is 4.01. The number of alkyl halides is 3. The first kappa shape index (κ1) is 17.8. The first-order chi connectivity index (χ1) is 12.8. The predicted octanol–water partition coefficient (Wildman–Crippen LogP) is 2.59. The zero-order valence-electron chi connectivity index (χ0n) is 14.8. The average Bonchev–Trinajstić information content (AvgIpc) is 3.11. The molecule has 0 bridgehead atoms. The van der Waals surface area contributed by atoms with Gasteiger partial charge in [-0.3, -0.25) is 18.6 Å². The maximum Gasteiger partial charge on any atom is 0.471 e. The highest BCUT2D eigenvalue weighted by Gasteiger charge is 2.43. The van der Waals surface area contributed by atoms with Crippen LogP contribution in [0.25, 0.3) is 16.8 Å². The first-order valence-corrected chi connectivity index (χ1v) is 8.93. The van der Waals surface area contributed by atoms with E-state index < -0.39 is 12.1 Å². The predicted molar refractivity (Wildman–Crippen MR) is 92.9 cm³/mol. The molecule has 27 heavy (non-hydrogen) atoms. The monoisotopic (exact) mass is 380 g/mol. The topological polar surface area (TPSA) is 59.6 Å². The lowest BCUT2D eigenvalue weighted by atomic mass is 9.93. The Labute approximate surface area is 152 Å². The molecule has 4 rings (SSSR count). The molecule has 6 nitrogen and oxygen atoms in total. The van der Waals surface area contributed by atoms with E-state index in [1.165, 1.54) is 0 Å². The summed E-state index contributed by atoms with van der Waals surface area (Å²) in [6.07, 6.45) is -3.10. The van der Waals surface area contributed by atoms with Gasteiger partial charge in [0.2, 0.25) is 0 Å². The van der Waals surface area contributed by atoms with Gasteiger partial charge in [0.25, 0.3) is 5.56 Å². The molecule has 1 fully saturated rings. The fraction of sp³-hybridized carbons (Fsp3) is 0.500. The lowest BCUT2D eigenvalue weighted by molar-refractivity contribution is -0.186. The highest BCUT2D eigenvalue weighted by atomic mass is 19.4. The van der Waals surface area contributed by atoms with Gasteiger partial charge in [0, 0.05) is 19.6 Å². The molecule has 0 saturated carbocycles. The Kier molecular flexibility index (Phi) is 4.12. The van der Waals surface area contributed by atoms with Crippen LogP contribution in [-0.2, 0) is 11.3 Å². The number of nitrogens with zero attached hydrogens (tertiary/aromatic N) is 4. The molecule has 0 atom stereocenters. The van der Waals surface area contributed by atoms with Gasteiger partial charge < -0.3 is 4.90 Å². The molecule has 1 aliphatic heterocycles. The van der Waals surface area contributed by atoms with Gasteiger partial charge in [-0.25, -0.2) is 4.98 Å². The highest BCUT2D eigenvalue weighted by molar-refractivity contribution is 5.81. The molecule has 0 aliphatic carbocycles. The van der Waals surface area contributed by atoms with Gasteiger partial charge in [-0.1, -0.05) is 6.07 Å². The van der Waals surface area contributed by atoms with Crippen molar-refractivity contribution in [1.82, 2.24) is 18.9 Å². The maximum absolute atomic E-state index is 12.8. The number of aryl methyl sites for hydroxylation is 2. The Hall–Kier alpha value is -2.58. The third-order valence-electron chi connectivity index (χ3n) is 5.43. The molecule has 3 aromatic heterocycles. The van der Waals surface area contributed by atoms with Crippen molar-refractivity contribution in [2.75, 3.05) is 13.1 Å². The van der Waals surface area contributed by atoms with Crippen molar-refractivity contribution in [2.45, 2.75) is 38.9 Å². The van der Waals surface area contributed by atoms with Crippen LogP contribution >= 0.6 is 0 Å². The Morgan fingerprint density at radius 1 is 1.26 bits per heavy atom. The first-order valence-electron chi connectivity index (χ1n) is 8.93. The summed E-state index contributed by atoms with van der Waals surface area (Å²) in [5.41, 5.74) is 2.68. The molecule has 1 amide bonds. The second kappa shape index (κ2) is 6.24. The van der Waals surface area contributed by atoms with E-state index in [-0.39, 0.29) is 24.6 Å². The van der Waals surface area contributed by atoms with Crippen LogP contribution in [0.1, 0.15) is 25.0 Å². The van der Waals surface area contributed by atoms with Crippen LogP contribution in [-0.4, -0.2) is 44.0 Å². The average molecular weight is 380 g/mol. The summed E-state index contributed by atoms with van der Waals surface area (Å²) in [5.74, 6) is -1.57. The number of hydrogen-bond donors (Lipinski definition) is 0. The van der Waals surface area contributed by atoms with Crippen molar-refractivity contribution in [3.8, 4) is 0 Å². The van der Waals surface area contributed by atoms with Crippen LogP contribution in [0, 0.1) is 12.8 Å².